The molecule has 7 heteroatoms. The van der Waals surface area contributed by atoms with Crippen molar-refractivity contribution >= 4 is 17.6 Å². The zero-order chi connectivity index (χ0) is 23.0. The summed E-state index contributed by atoms with van der Waals surface area (Å²) >= 11 is 0. The third-order valence-electron chi connectivity index (χ3n) is 6.10. The van der Waals surface area contributed by atoms with Gasteiger partial charge in [0.1, 0.15) is 17.7 Å². The molecule has 0 radical (unpaired) electrons. The molecule has 2 N–H and O–H groups in total. The van der Waals surface area contributed by atoms with E-state index >= 15 is 0 Å². The Balaban J connectivity index is 1.81. The summed E-state index contributed by atoms with van der Waals surface area (Å²) in [6.07, 6.45) is 0.845. The number of hydrogen-bond acceptors (Lipinski definition) is 3. The van der Waals surface area contributed by atoms with E-state index in [2.05, 4.69) is 22.7 Å². The van der Waals surface area contributed by atoms with E-state index in [0.29, 0.717) is 11.4 Å². The molecule has 32 heavy (non-hydrogen) atoms. The highest BCUT2D eigenvalue weighted by Crippen LogP contribution is 2.41. The Kier molecular flexibility index (Phi) is 5.82. The minimum absolute atomic E-state index is 0.0880. The second-order valence-corrected chi connectivity index (χ2v) is 8.39. The number of aryl methyl sites for hydroxylation is 2. The topological polar surface area (TPSA) is 76.0 Å². The van der Waals surface area contributed by atoms with Crippen LogP contribution >= 0.6 is 0 Å². The lowest BCUT2D eigenvalue weighted by Crippen LogP contribution is -2.50. The highest BCUT2D eigenvalue weighted by molar-refractivity contribution is 6.04. The molecule has 0 bridgehead atoms. The molecule has 4 rings (SSSR count). The summed E-state index contributed by atoms with van der Waals surface area (Å²) in [6.45, 7) is 7.90. The average molecular weight is 435 g/mol. The third-order valence-corrected chi connectivity index (χ3v) is 6.10. The van der Waals surface area contributed by atoms with Crippen molar-refractivity contribution in [2.75, 3.05) is 5.32 Å². The fourth-order valence-corrected chi connectivity index (χ4v) is 4.25. The van der Waals surface area contributed by atoms with Gasteiger partial charge in [0.05, 0.1) is 11.7 Å². The van der Waals surface area contributed by atoms with Crippen LogP contribution in [0.2, 0.25) is 0 Å². The van der Waals surface area contributed by atoms with Crippen LogP contribution in [0.3, 0.4) is 0 Å². The number of rotatable bonds is 5. The molecular formula is C25H27FN4O2. The van der Waals surface area contributed by atoms with Crippen molar-refractivity contribution < 1.29 is 14.0 Å². The second-order valence-electron chi connectivity index (χ2n) is 8.39. The normalized spacial score (nSPS) is 18.6. The zero-order valence-corrected chi connectivity index (χ0v) is 18.6. The van der Waals surface area contributed by atoms with E-state index in [-0.39, 0.29) is 23.7 Å². The van der Waals surface area contributed by atoms with Crippen LogP contribution in [0.25, 0.3) is 0 Å². The predicted molar refractivity (Wildman–Crippen MR) is 121 cm³/mol. The van der Waals surface area contributed by atoms with Crippen LogP contribution in [0.4, 0.5) is 10.2 Å². The highest BCUT2D eigenvalue weighted by Gasteiger charge is 2.42. The first kappa shape index (κ1) is 21.7. The standard InChI is InChI=1S/C25H27FN4O2/c1-5-15(3)30-23-20(16(4)29-30)21(17-9-11-19(26)12-10-17)22(25(32)28-23)27-24(31)18-8-6-7-14(2)13-18/h6-13,15,21-22H,5H2,1-4H3,(H,27,31)(H,28,32)/t15?,21-,22+/m1/s1. The van der Waals surface area contributed by atoms with Gasteiger partial charge in [0, 0.05) is 17.0 Å². The number of hydrogen-bond donors (Lipinski definition) is 2. The molecule has 0 aliphatic carbocycles. The van der Waals surface area contributed by atoms with E-state index in [9.17, 15) is 14.0 Å². The van der Waals surface area contributed by atoms with E-state index in [1.807, 2.05) is 31.5 Å². The van der Waals surface area contributed by atoms with Crippen molar-refractivity contribution in [1.29, 1.82) is 0 Å². The molecule has 0 fully saturated rings. The molecule has 2 heterocycles. The molecule has 3 atom stereocenters. The number of carbonyl (C=O) groups excluding carboxylic acids is 2. The second kappa shape index (κ2) is 8.57. The molecule has 166 valence electrons. The van der Waals surface area contributed by atoms with Gasteiger partial charge in [-0.15, -0.1) is 0 Å². The smallest absolute Gasteiger partial charge is 0.251 e. The maximum absolute atomic E-state index is 13.7. The Hall–Kier alpha value is -3.48. The Morgan fingerprint density at radius 3 is 2.59 bits per heavy atom. The summed E-state index contributed by atoms with van der Waals surface area (Å²) in [6, 6.07) is 12.5. The van der Waals surface area contributed by atoms with Crippen molar-refractivity contribution in [3.05, 3.63) is 82.3 Å². The molecule has 2 aromatic carbocycles. The van der Waals surface area contributed by atoms with Crippen molar-refractivity contribution in [1.82, 2.24) is 15.1 Å². The highest BCUT2D eigenvalue weighted by atomic mass is 19.1. The monoisotopic (exact) mass is 434 g/mol. The third kappa shape index (κ3) is 3.90. The molecule has 3 aromatic rings. The first-order valence-electron chi connectivity index (χ1n) is 10.8. The summed E-state index contributed by atoms with van der Waals surface area (Å²) in [5.74, 6) is -0.876. The number of aromatic nitrogens is 2. The Morgan fingerprint density at radius 2 is 1.94 bits per heavy atom. The minimum Gasteiger partial charge on any atom is -0.339 e. The van der Waals surface area contributed by atoms with Crippen LogP contribution in [-0.4, -0.2) is 27.6 Å². The lowest BCUT2D eigenvalue weighted by atomic mass is 9.81. The Morgan fingerprint density at radius 1 is 1.22 bits per heavy atom. The van der Waals surface area contributed by atoms with Crippen molar-refractivity contribution in [3.63, 3.8) is 0 Å². The summed E-state index contributed by atoms with van der Waals surface area (Å²) < 4.78 is 15.5. The predicted octanol–water partition coefficient (Wildman–Crippen LogP) is 4.49. The van der Waals surface area contributed by atoms with Crippen molar-refractivity contribution in [3.8, 4) is 0 Å². The van der Waals surface area contributed by atoms with Gasteiger partial charge in [-0.25, -0.2) is 9.07 Å². The number of carbonyl (C=O) groups is 2. The van der Waals surface area contributed by atoms with Gasteiger partial charge in [0.15, 0.2) is 0 Å². The van der Waals surface area contributed by atoms with E-state index in [1.54, 1.807) is 30.3 Å². The van der Waals surface area contributed by atoms with Gasteiger partial charge >= 0.3 is 0 Å². The molecule has 0 saturated carbocycles. The fourth-order valence-electron chi connectivity index (χ4n) is 4.25. The minimum atomic E-state index is -0.866. The van der Waals surface area contributed by atoms with Crippen LogP contribution in [0.1, 0.15) is 65.0 Å². The summed E-state index contributed by atoms with van der Waals surface area (Å²) in [5, 5.41) is 10.6. The molecule has 0 saturated heterocycles. The van der Waals surface area contributed by atoms with Crippen LogP contribution in [0.15, 0.2) is 48.5 Å². The molecule has 1 unspecified atom stereocenters. The quantitative estimate of drug-likeness (QED) is 0.621. The van der Waals surface area contributed by atoms with Gasteiger partial charge in [-0.1, -0.05) is 36.8 Å². The van der Waals surface area contributed by atoms with E-state index in [1.165, 1.54) is 12.1 Å². The number of halogens is 1. The van der Waals surface area contributed by atoms with Crippen LogP contribution in [-0.2, 0) is 4.79 Å². The van der Waals surface area contributed by atoms with Crippen LogP contribution < -0.4 is 10.6 Å². The zero-order valence-electron chi connectivity index (χ0n) is 18.6. The van der Waals surface area contributed by atoms with Gasteiger partial charge in [-0.2, -0.15) is 5.10 Å². The number of anilines is 1. The molecule has 2 amide bonds. The summed E-state index contributed by atoms with van der Waals surface area (Å²) in [7, 11) is 0. The average Bonchev–Trinajstić information content (AvgIpc) is 3.10. The summed E-state index contributed by atoms with van der Waals surface area (Å²) in [4.78, 5) is 26.3. The molecule has 1 aromatic heterocycles. The summed E-state index contributed by atoms with van der Waals surface area (Å²) in [5.41, 5.74) is 3.78. The number of nitrogens with zero attached hydrogens (tertiary/aromatic N) is 2. The molecule has 6 nitrogen and oxygen atoms in total. The number of amides is 2. The number of fused-ring (bicyclic) bond motifs is 1. The largest absolute Gasteiger partial charge is 0.339 e. The van der Waals surface area contributed by atoms with Gasteiger partial charge < -0.3 is 10.6 Å². The van der Waals surface area contributed by atoms with Gasteiger partial charge in [-0.05, 0) is 57.0 Å². The van der Waals surface area contributed by atoms with Crippen LogP contribution in [0, 0.1) is 19.7 Å². The first-order valence-corrected chi connectivity index (χ1v) is 10.8. The first-order chi connectivity index (χ1) is 15.3. The molecule has 1 aliphatic heterocycles. The SMILES string of the molecule is CCC(C)n1nc(C)c2c1NC(=O)[C@@H](NC(=O)c1cccc(C)c1)[C@@H]2c1ccc(F)cc1. The van der Waals surface area contributed by atoms with Crippen LogP contribution in [0.5, 0.6) is 0 Å². The Labute approximate surface area is 186 Å². The van der Waals surface area contributed by atoms with Gasteiger partial charge in [-0.3, -0.25) is 9.59 Å². The van der Waals surface area contributed by atoms with Crippen molar-refractivity contribution in [2.45, 2.75) is 52.1 Å². The molecule has 1 aliphatic rings. The van der Waals surface area contributed by atoms with Gasteiger partial charge in [0.2, 0.25) is 5.91 Å². The van der Waals surface area contributed by atoms with Crippen molar-refractivity contribution in [2.24, 2.45) is 0 Å². The molecule has 0 spiro atoms. The number of benzene rings is 2. The Bertz CT molecular complexity index is 1170. The lowest BCUT2D eigenvalue weighted by Gasteiger charge is -2.33. The maximum Gasteiger partial charge on any atom is 0.251 e. The molecular weight excluding hydrogens is 407 g/mol. The lowest BCUT2D eigenvalue weighted by molar-refractivity contribution is -0.118. The maximum atomic E-state index is 13.7. The number of nitrogens with one attached hydrogen (secondary N) is 2. The van der Waals surface area contributed by atoms with E-state index in [4.69, 9.17) is 0 Å². The fraction of sp³-hybridized carbons (Fsp3) is 0.320. The van der Waals surface area contributed by atoms with Gasteiger partial charge in [0.25, 0.3) is 5.91 Å². The van der Waals surface area contributed by atoms with E-state index < -0.39 is 12.0 Å². The van der Waals surface area contributed by atoms with E-state index in [0.717, 1.165) is 28.8 Å².